The van der Waals surface area contributed by atoms with E-state index in [1.807, 2.05) is 60.7 Å². The molecule has 9 rings (SSSR count). The number of hydrogen-bond donors (Lipinski definition) is 2. The summed E-state index contributed by atoms with van der Waals surface area (Å²) in [6.45, 7) is -0.405. The Hall–Kier alpha value is -5.75. The summed E-state index contributed by atoms with van der Waals surface area (Å²) in [6.07, 6.45) is 0. The minimum absolute atomic E-state index is 0.00791. The zero-order chi connectivity index (χ0) is 31.1. The van der Waals surface area contributed by atoms with Gasteiger partial charge >= 0.3 is 14.0 Å². The van der Waals surface area contributed by atoms with Gasteiger partial charge in [-0.05, 0) is 47.9 Å². The smallest absolute Gasteiger partial charge is 0.430 e. The minimum Gasteiger partial charge on any atom is -0.506 e. The van der Waals surface area contributed by atoms with Gasteiger partial charge in [0.1, 0.15) is 5.76 Å². The number of carbonyl (C=O) groups is 1. The standard InChI is InChI=1S/C38H28B2N4O2/c1-43-29-17-9-11-23-19-21-27(35(31(23)29)41-39(43)25-13-5-3-6-14-25)33-37(45)34(38(33)46)28-22-20-24-12-10-18-30-32(24)36(28)42-40(44(30)2)26-15-7-4-8-16-26/h3-22,41,45H,1-2H3/b34-28-. The molecule has 0 atom stereocenters. The minimum atomic E-state index is -0.263. The molecule has 0 bridgehead atoms. The van der Waals surface area contributed by atoms with Crippen LogP contribution in [0, 0.1) is 0 Å². The van der Waals surface area contributed by atoms with Crippen molar-refractivity contribution < 1.29 is 9.90 Å². The Kier molecular flexibility index (Phi) is 5.72. The highest BCUT2D eigenvalue weighted by atomic mass is 16.3. The van der Waals surface area contributed by atoms with Crippen molar-refractivity contribution in [1.29, 1.82) is 0 Å². The Balaban J connectivity index is 1.27. The van der Waals surface area contributed by atoms with Crippen LogP contribution in [0.5, 0.6) is 0 Å². The van der Waals surface area contributed by atoms with Gasteiger partial charge in [-0.2, -0.15) is 0 Å². The molecule has 3 aliphatic rings. The highest BCUT2D eigenvalue weighted by molar-refractivity contribution is 6.81. The van der Waals surface area contributed by atoms with E-state index in [0.29, 0.717) is 21.9 Å². The Labute approximate surface area is 266 Å². The number of rotatable bonds is 3. The molecule has 1 aliphatic carbocycles. The van der Waals surface area contributed by atoms with Crippen LogP contribution in [0.4, 0.5) is 17.1 Å². The van der Waals surface area contributed by atoms with Gasteiger partial charge in [0.25, 0.3) is 0 Å². The van der Waals surface area contributed by atoms with Crippen molar-refractivity contribution in [3.05, 3.63) is 143 Å². The van der Waals surface area contributed by atoms with Crippen molar-refractivity contribution in [1.82, 2.24) is 0 Å². The number of hydrogen-bond acceptors (Lipinski definition) is 6. The first-order valence-corrected chi connectivity index (χ1v) is 15.5. The fourth-order valence-electron chi connectivity index (χ4n) is 7.46. The molecular weight excluding hydrogens is 566 g/mol. The topological polar surface area (TPSA) is 68.2 Å². The zero-order valence-electron chi connectivity index (χ0n) is 25.4. The second kappa shape index (κ2) is 9.88. The Morgan fingerprint density at radius 3 is 1.98 bits per heavy atom. The molecule has 0 fully saturated rings. The number of allylic oxidation sites excluding steroid dienone is 2. The van der Waals surface area contributed by atoms with Crippen LogP contribution in [-0.2, 0) is 4.79 Å². The molecule has 0 aromatic heterocycles. The van der Waals surface area contributed by atoms with Gasteiger partial charge in [0.05, 0.1) is 16.5 Å². The summed E-state index contributed by atoms with van der Waals surface area (Å²) in [6, 6.07) is 40.8. The Morgan fingerprint density at radius 2 is 1.28 bits per heavy atom. The average Bonchev–Trinajstić information content (AvgIpc) is 3.10. The molecule has 6 nitrogen and oxygen atoms in total. The van der Waals surface area contributed by atoms with Gasteiger partial charge in [-0.1, -0.05) is 109 Å². The summed E-state index contributed by atoms with van der Waals surface area (Å²) >= 11 is 0. The first kappa shape index (κ1) is 26.6. The van der Waals surface area contributed by atoms with Crippen LogP contribution in [0.15, 0.2) is 132 Å². The fourth-order valence-corrected chi connectivity index (χ4v) is 7.46. The normalized spacial score (nSPS) is 16.5. The van der Waals surface area contributed by atoms with Gasteiger partial charge in [0, 0.05) is 38.6 Å². The van der Waals surface area contributed by atoms with Crippen LogP contribution in [0.1, 0.15) is 5.56 Å². The number of benzene rings is 6. The van der Waals surface area contributed by atoms with E-state index in [1.54, 1.807) is 0 Å². The van der Waals surface area contributed by atoms with Gasteiger partial charge < -0.3 is 24.9 Å². The van der Waals surface area contributed by atoms with Crippen molar-refractivity contribution in [2.45, 2.75) is 0 Å². The lowest BCUT2D eigenvalue weighted by Gasteiger charge is -2.36. The van der Waals surface area contributed by atoms with Crippen molar-refractivity contribution in [3.8, 4) is 0 Å². The summed E-state index contributed by atoms with van der Waals surface area (Å²) in [4.78, 5) is 23.9. The molecular formula is C38H28B2N4O2. The second-order valence-corrected chi connectivity index (χ2v) is 12.2. The lowest BCUT2D eigenvalue weighted by Crippen LogP contribution is -2.54. The van der Waals surface area contributed by atoms with E-state index in [0.717, 1.165) is 54.9 Å². The summed E-state index contributed by atoms with van der Waals surface area (Å²) in [7, 11) is 4.13. The van der Waals surface area contributed by atoms with Crippen LogP contribution in [-0.4, -0.2) is 39.0 Å². The van der Waals surface area contributed by atoms with Crippen molar-refractivity contribution >= 4 is 80.4 Å². The zero-order valence-corrected chi connectivity index (χ0v) is 25.4. The molecule has 218 valence electrons. The second-order valence-electron chi connectivity index (χ2n) is 12.2. The number of ketones is 1. The van der Waals surface area contributed by atoms with Crippen LogP contribution in [0.2, 0.25) is 0 Å². The van der Waals surface area contributed by atoms with E-state index in [9.17, 15) is 9.90 Å². The summed E-state index contributed by atoms with van der Waals surface area (Å²) in [5, 5.41) is 21.1. The largest absolute Gasteiger partial charge is 0.506 e. The predicted molar refractivity (Wildman–Crippen MR) is 191 cm³/mol. The molecule has 6 aromatic carbocycles. The molecule has 0 unspecified atom stereocenters. The van der Waals surface area contributed by atoms with Crippen LogP contribution in [0.3, 0.4) is 0 Å². The number of aliphatic hydroxyl groups excluding tert-OH is 1. The van der Waals surface area contributed by atoms with Gasteiger partial charge in [0.2, 0.25) is 5.78 Å². The first-order chi connectivity index (χ1) is 22.5. The quantitative estimate of drug-likeness (QED) is 0.297. The highest BCUT2D eigenvalue weighted by Crippen LogP contribution is 2.46. The predicted octanol–water partition coefficient (Wildman–Crippen LogP) is 4.42. The summed E-state index contributed by atoms with van der Waals surface area (Å²) in [5.41, 5.74) is 6.48. The maximum Gasteiger partial charge on any atom is 0.430 e. The molecule has 8 heteroatoms. The number of carbonyl (C=O) groups excluding carboxylic acids is 1. The molecule has 2 N–H and O–H groups in total. The summed E-state index contributed by atoms with van der Waals surface area (Å²) in [5.74, 6) is -0.172. The molecule has 0 spiro atoms. The van der Waals surface area contributed by atoms with E-state index in [1.165, 1.54) is 0 Å². The molecule has 46 heavy (non-hydrogen) atoms. The summed E-state index contributed by atoms with van der Waals surface area (Å²) < 4.78 is 0. The van der Waals surface area contributed by atoms with Crippen LogP contribution >= 0.6 is 0 Å². The lowest BCUT2D eigenvalue weighted by atomic mass is 9.63. The third kappa shape index (κ3) is 3.67. The lowest BCUT2D eigenvalue weighted by molar-refractivity contribution is -0.109. The number of nitrogens with zero attached hydrogens (tertiary/aromatic N) is 3. The number of Topliss-reactive ketones (excluding diaryl/α,β-unsaturated/α-hetero) is 1. The first-order valence-electron chi connectivity index (χ1n) is 15.5. The maximum absolute atomic E-state index is 14.3. The van der Waals surface area contributed by atoms with Gasteiger partial charge in [-0.15, -0.1) is 0 Å². The van der Waals surface area contributed by atoms with Gasteiger partial charge in [0.15, 0.2) is 0 Å². The molecule has 2 heterocycles. The van der Waals surface area contributed by atoms with Crippen molar-refractivity contribution in [2.24, 2.45) is 4.90 Å². The number of aliphatic hydroxyl groups is 1. The van der Waals surface area contributed by atoms with E-state index in [-0.39, 0.29) is 25.5 Å². The number of anilines is 3. The fraction of sp³-hybridized carbons (Fsp3) is 0.0526. The SMILES string of the molecule is CN1B(c2ccccc2)Nc2c(C3=C(O)/C(=c4\ccc5cccc6c5c4=NB(c4ccccc4)N6C)C3=O)ccc3cccc1c23. The Morgan fingerprint density at radius 1 is 0.652 bits per heavy atom. The molecule has 2 aliphatic heterocycles. The number of nitrogens with one attached hydrogen (secondary N) is 1. The third-order valence-electron chi connectivity index (χ3n) is 9.75. The van der Waals surface area contributed by atoms with Crippen LogP contribution in [0.25, 0.3) is 32.7 Å². The molecule has 0 saturated heterocycles. The molecule has 6 aromatic rings. The van der Waals surface area contributed by atoms with Crippen molar-refractivity contribution in [2.75, 3.05) is 28.9 Å². The third-order valence-corrected chi connectivity index (χ3v) is 9.75. The van der Waals surface area contributed by atoms with E-state index >= 15 is 0 Å². The van der Waals surface area contributed by atoms with E-state index in [4.69, 9.17) is 4.90 Å². The van der Waals surface area contributed by atoms with Crippen molar-refractivity contribution in [3.63, 3.8) is 0 Å². The van der Waals surface area contributed by atoms with Crippen LogP contribution < -0.4 is 36.4 Å². The van der Waals surface area contributed by atoms with Gasteiger partial charge in [-0.25, -0.2) is 0 Å². The average molecular weight is 594 g/mol. The molecule has 0 amide bonds. The van der Waals surface area contributed by atoms with E-state index in [2.05, 4.69) is 89.6 Å². The monoisotopic (exact) mass is 594 g/mol. The highest BCUT2D eigenvalue weighted by Gasteiger charge is 2.40. The molecule has 0 radical (unpaired) electrons. The Bertz CT molecular complexity index is 2430. The van der Waals surface area contributed by atoms with Gasteiger partial charge in [-0.3, -0.25) is 4.79 Å². The van der Waals surface area contributed by atoms with E-state index < -0.39 is 0 Å². The molecule has 0 saturated carbocycles. The maximum atomic E-state index is 14.3.